The first kappa shape index (κ1) is 56.9. The molecule has 2 fully saturated rings. The molecule has 13 nitrogen and oxygen atoms in total. The minimum atomic E-state index is -0.879. The summed E-state index contributed by atoms with van der Waals surface area (Å²) in [7, 11) is 6.65. The molecular weight excluding hydrogens is 770 g/mol. The van der Waals surface area contributed by atoms with Gasteiger partial charge in [-0.1, -0.05) is 97.1 Å². The topological polar surface area (TPSA) is 159 Å². The van der Waals surface area contributed by atoms with E-state index in [9.17, 15) is 10.2 Å². The molecule has 12 atom stereocenters. The molecule has 0 amide bonds. The molecule has 58 heavy (non-hydrogen) atoms. The van der Waals surface area contributed by atoms with Crippen molar-refractivity contribution in [2.24, 2.45) is 11.7 Å². The van der Waals surface area contributed by atoms with Crippen molar-refractivity contribution in [3.8, 4) is 0 Å². The highest BCUT2D eigenvalue weighted by Crippen LogP contribution is 2.30. The van der Waals surface area contributed by atoms with Crippen LogP contribution in [0.5, 0.6) is 0 Å². The molecule has 0 spiro atoms. The Morgan fingerprint density at radius 2 is 1.03 bits per heavy atom. The maximum Gasteiger partial charge on any atom is 0.217 e. The van der Waals surface area contributed by atoms with Crippen LogP contribution in [-0.4, -0.2) is 139 Å². The number of rotatable bonds is 30. The lowest BCUT2D eigenvalue weighted by atomic mass is 9.92. The van der Waals surface area contributed by atoms with Gasteiger partial charge in [0.1, 0.15) is 30.5 Å². The Labute approximate surface area is 357 Å². The maximum absolute atomic E-state index is 10.7. The van der Waals surface area contributed by atoms with Gasteiger partial charge in [0, 0.05) is 54.0 Å². The summed E-state index contributed by atoms with van der Waals surface area (Å²) in [4.78, 5) is 0. The number of hydrogen-bond donors (Lipinski definition) is 3. The molecule has 0 aliphatic carbocycles. The number of aliphatic hydroxyl groups is 2. The highest BCUT2D eigenvalue weighted by Gasteiger charge is 2.46. The summed E-state index contributed by atoms with van der Waals surface area (Å²) < 4.78 is 56.4. The van der Waals surface area contributed by atoms with Gasteiger partial charge in [-0.3, -0.25) is 0 Å². The van der Waals surface area contributed by atoms with Crippen LogP contribution < -0.4 is 5.73 Å². The number of ether oxygens (including phenoxy) is 10. The van der Waals surface area contributed by atoms with Crippen molar-refractivity contribution in [2.45, 2.75) is 192 Å². The van der Waals surface area contributed by atoms with Crippen molar-refractivity contribution in [2.75, 3.05) is 61.2 Å². The van der Waals surface area contributed by atoms with E-state index in [-0.39, 0.29) is 30.8 Å². The van der Waals surface area contributed by atoms with E-state index in [1.54, 1.807) is 40.8 Å². The lowest BCUT2D eigenvalue weighted by molar-refractivity contribution is -0.277. The molecule has 0 radical (unpaired) electrons. The van der Waals surface area contributed by atoms with Crippen molar-refractivity contribution < 1.29 is 57.6 Å². The molecule has 0 aromatic carbocycles. The standard InChI is InChI=1S/C22H42O6.C21H41NO6.CH3Cl/c1-6-8-9-10-11-12-18(25-5)13-15-26-21-17(3)22(27-14-7-2)28-19(16-24-4)20(21)23;1-5-7-8-9-10-11-16(25-4)12-14-26-20-18(22)21(27-13-6-2)28-17(15-24-3)19(20)23;1-2/h7,14,17-23H,6,8-13,15-16H2,1-5H3;6,13,16-21,23H,5,7-12,14-15,22H2,1-4H3;1H3/b14-7-;13-6-;/t17-,18-,19-,20-,21-,22+;16-,17-,18-,19-,20-,21+;/m11./s1. The number of halogens is 1. The summed E-state index contributed by atoms with van der Waals surface area (Å²) >= 11 is 4.64. The van der Waals surface area contributed by atoms with Crippen LogP contribution in [0.3, 0.4) is 0 Å². The highest BCUT2D eigenvalue weighted by molar-refractivity contribution is 6.15. The van der Waals surface area contributed by atoms with Crippen molar-refractivity contribution in [3.05, 3.63) is 24.7 Å². The van der Waals surface area contributed by atoms with Crippen LogP contribution in [0.1, 0.15) is 125 Å². The lowest BCUT2D eigenvalue weighted by Gasteiger charge is -2.42. The van der Waals surface area contributed by atoms with Gasteiger partial charge in [0.15, 0.2) is 0 Å². The zero-order chi connectivity index (χ0) is 43.6. The second kappa shape index (κ2) is 37.7. The first-order chi connectivity index (χ1) is 28.2. The number of hydrogen-bond acceptors (Lipinski definition) is 13. The van der Waals surface area contributed by atoms with Crippen LogP contribution in [0.25, 0.3) is 0 Å². The molecule has 2 saturated heterocycles. The van der Waals surface area contributed by atoms with Gasteiger partial charge in [0.25, 0.3) is 0 Å². The van der Waals surface area contributed by atoms with Crippen molar-refractivity contribution in [3.63, 3.8) is 0 Å². The van der Waals surface area contributed by atoms with Crippen LogP contribution >= 0.6 is 11.6 Å². The first-order valence-corrected chi connectivity index (χ1v) is 22.5. The summed E-state index contributed by atoms with van der Waals surface area (Å²) in [5.74, 6) is -0.102. The first-order valence-electron chi connectivity index (χ1n) is 21.8. The summed E-state index contributed by atoms with van der Waals surface area (Å²) in [5.41, 5.74) is 6.25. The zero-order valence-electron chi connectivity index (χ0n) is 37.9. The van der Waals surface area contributed by atoms with Crippen LogP contribution in [0.4, 0.5) is 0 Å². The van der Waals surface area contributed by atoms with Gasteiger partial charge >= 0.3 is 0 Å². The molecule has 14 heteroatoms. The van der Waals surface area contributed by atoms with Gasteiger partial charge in [-0.2, -0.15) is 0 Å². The number of unbranched alkanes of at least 4 members (excludes halogenated alkanes) is 8. The molecule has 2 aliphatic heterocycles. The average molecular weight is 857 g/mol. The minimum absolute atomic E-state index is 0.102. The molecule has 0 bridgehead atoms. The van der Waals surface area contributed by atoms with E-state index < -0.39 is 49.1 Å². The van der Waals surface area contributed by atoms with E-state index in [4.69, 9.17) is 53.1 Å². The molecular formula is C44H86ClNO12. The fourth-order valence-electron chi connectivity index (χ4n) is 7.03. The van der Waals surface area contributed by atoms with Crippen LogP contribution in [0, 0.1) is 5.92 Å². The summed E-state index contributed by atoms with van der Waals surface area (Å²) in [6.45, 7) is 11.7. The van der Waals surface area contributed by atoms with E-state index in [1.807, 2.05) is 26.8 Å². The third-order valence-corrected chi connectivity index (χ3v) is 10.5. The Hall–Kier alpha value is -1.07. The Kier molecular flexibility index (Phi) is 37.0. The lowest BCUT2D eigenvalue weighted by Crippen LogP contribution is -2.63. The Morgan fingerprint density at radius 1 is 0.621 bits per heavy atom. The van der Waals surface area contributed by atoms with E-state index in [1.165, 1.54) is 70.4 Å². The summed E-state index contributed by atoms with van der Waals surface area (Å²) in [6.07, 6.45) is 19.9. The Bertz CT molecular complexity index is 894. The van der Waals surface area contributed by atoms with E-state index >= 15 is 0 Å². The van der Waals surface area contributed by atoms with Crippen molar-refractivity contribution in [1.29, 1.82) is 0 Å². The monoisotopic (exact) mass is 856 g/mol. The fraction of sp³-hybridized carbons (Fsp3) is 0.909. The predicted molar refractivity (Wildman–Crippen MR) is 231 cm³/mol. The van der Waals surface area contributed by atoms with Crippen molar-refractivity contribution in [1.82, 2.24) is 0 Å². The summed E-state index contributed by atoms with van der Waals surface area (Å²) in [6, 6.07) is -0.602. The molecule has 0 saturated carbocycles. The normalized spacial score (nSPS) is 28.4. The Morgan fingerprint density at radius 3 is 1.47 bits per heavy atom. The zero-order valence-corrected chi connectivity index (χ0v) is 38.7. The number of methoxy groups -OCH3 is 4. The molecule has 4 N–H and O–H groups in total. The molecule has 346 valence electrons. The van der Waals surface area contributed by atoms with Crippen LogP contribution in [0.2, 0.25) is 0 Å². The van der Waals surface area contributed by atoms with Gasteiger partial charge in [-0.15, -0.1) is 11.6 Å². The quantitative estimate of drug-likeness (QED) is 0.0368. The van der Waals surface area contributed by atoms with Crippen molar-refractivity contribution >= 4 is 11.6 Å². The number of allylic oxidation sites excluding steroid dienone is 2. The van der Waals surface area contributed by atoms with E-state index in [0.717, 1.165) is 32.1 Å². The fourth-order valence-corrected chi connectivity index (χ4v) is 7.03. The summed E-state index contributed by atoms with van der Waals surface area (Å²) in [5, 5.41) is 21.3. The average Bonchev–Trinajstić information content (AvgIpc) is 3.23. The molecule has 0 aromatic rings. The maximum atomic E-state index is 10.7. The van der Waals surface area contributed by atoms with E-state index in [0.29, 0.717) is 19.8 Å². The molecule has 2 rings (SSSR count). The van der Waals surface area contributed by atoms with Gasteiger partial charge in [0.2, 0.25) is 12.6 Å². The third kappa shape index (κ3) is 23.2. The van der Waals surface area contributed by atoms with Gasteiger partial charge in [0.05, 0.1) is 50.1 Å². The van der Waals surface area contributed by atoms with Gasteiger partial charge in [-0.05, 0) is 39.5 Å². The Balaban J connectivity index is 0.00000107. The smallest absolute Gasteiger partial charge is 0.217 e. The van der Waals surface area contributed by atoms with E-state index in [2.05, 4.69) is 25.4 Å². The number of nitrogens with two attached hydrogens (primary N) is 1. The highest BCUT2D eigenvalue weighted by atomic mass is 35.5. The molecule has 2 aliphatic rings. The van der Waals surface area contributed by atoms with Crippen LogP contribution in [0.15, 0.2) is 24.7 Å². The van der Waals surface area contributed by atoms with Crippen LogP contribution in [-0.2, 0) is 47.4 Å². The van der Waals surface area contributed by atoms with Gasteiger partial charge < -0.3 is 63.3 Å². The largest absolute Gasteiger partial charge is 0.472 e. The molecule has 2 heterocycles. The number of aliphatic hydroxyl groups excluding tert-OH is 2. The SMILES string of the molecule is C/C=C\O[C@H]1O[C@H](COC)[C@@H](O)[C@H](OCC[C@@H](CCCCCCC)OC)[C@H]1C.C/C=C\O[C@H]1O[C@H](COC)[C@@H](O)[C@H](OCC[C@@H](CCCCCCC)OC)[C@H]1N.CCl. The second-order valence-electron chi connectivity index (χ2n) is 15.0. The minimum Gasteiger partial charge on any atom is -0.472 e. The molecule has 0 unspecified atom stereocenters. The third-order valence-electron chi connectivity index (χ3n) is 10.5. The molecule has 0 aromatic heterocycles. The second-order valence-corrected chi connectivity index (χ2v) is 15.0. The van der Waals surface area contributed by atoms with Gasteiger partial charge in [-0.25, -0.2) is 0 Å². The predicted octanol–water partition coefficient (Wildman–Crippen LogP) is 7.66. The number of alkyl halides is 1.